The van der Waals surface area contributed by atoms with Crippen LogP contribution in [0.5, 0.6) is 0 Å². The number of halogens is 2. The number of aliphatic carboxylic acids is 1. The number of hydrogen-bond donors (Lipinski definition) is 1. The summed E-state index contributed by atoms with van der Waals surface area (Å²) in [6, 6.07) is 28.6. The number of benzene rings is 4. The topological polar surface area (TPSA) is 89.8 Å². The molecule has 0 aliphatic heterocycles. The molecular formula is C36H24F2N3O2PS. The van der Waals surface area contributed by atoms with Crippen molar-refractivity contribution in [1.29, 1.82) is 10.5 Å². The second-order valence-corrected chi connectivity index (χ2v) is 12.1. The molecule has 1 N–H and O–H groups in total. The van der Waals surface area contributed by atoms with Gasteiger partial charge in [-0.1, -0.05) is 57.8 Å². The SMILES string of the molecule is N#Cc1cccc(C#N)c1-c1c(-c2cccc(C3=CC=C(C(=O)O)CC3)c2)n(Sc2ccc(C(F)P)cc2)c2ccc(F)cc12. The second-order valence-electron chi connectivity index (χ2n) is 10.5. The fraction of sp³-hybridized carbons (Fsp3) is 0.0833. The van der Waals surface area contributed by atoms with Gasteiger partial charge in [0.25, 0.3) is 0 Å². The molecule has 0 spiro atoms. The Balaban J connectivity index is 1.65. The Hall–Kier alpha value is -5.01. The molecule has 2 unspecified atom stereocenters. The Kier molecular flexibility index (Phi) is 8.37. The highest BCUT2D eigenvalue weighted by molar-refractivity contribution is 7.98. The molecule has 1 aliphatic carbocycles. The summed E-state index contributed by atoms with van der Waals surface area (Å²) in [4.78, 5) is 12.3. The van der Waals surface area contributed by atoms with Gasteiger partial charge in [0.1, 0.15) is 11.7 Å². The number of nitrogens with zero attached hydrogens (tertiary/aromatic N) is 3. The summed E-state index contributed by atoms with van der Waals surface area (Å²) in [6.07, 6.45) is 4.39. The lowest BCUT2D eigenvalue weighted by Crippen LogP contribution is -2.03. The van der Waals surface area contributed by atoms with E-state index in [1.54, 1.807) is 42.5 Å². The maximum Gasteiger partial charge on any atom is 0.331 e. The standard InChI is InChI=1S/C36H24F2N3O2PS/c37-28-13-16-31-30(18-28)33(32-26(19-39)5-2-6-27(32)20-40)34(41(31)45-29-14-11-22(12-15-29)35(38)44)25-4-1-3-24(17-25)21-7-9-23(10-8-21)36(42)43/h1-7,9,11-18,35H,8,10,44H2,(H,42,43). The molecule has 0 saturated carbocycles. The van der Waals surface area contributed by atoms with Gasteiger partial charge in [0.05, 0.1) is 34.5 Å². The third-order valence-electron chi connectivity index (χ3n) is 7.77. The maximum atomic E-state index is 14.9. The van der Waals surface area contributed by atoms with E-state index < -0.39 is 17.7 Å². The summed E-state index contributed by atoms with van der Waals surface area (Å²) in [5, 5.41) is 30.2. The molecule has 2 atom stereocenters. The number of hydrogen-bond acceptors (Lipinski definition) is 4. The van der Waals surface area contributed by atoms with Gasteiger partial charge in [-0.25, -0.2) is 13.6 Å². The number of carbonyl (C=O) groups is 1. The molecule has 45 heavy (non-hydrogen) atoms. The average molecular weight is 632 g/mol. The molecule has 220 valence electrons. The van der Waals surface area contributed by atoms with Crippen molar-refractivity contribution in [3.63, 3.8) is 0 Å². The highest BCUT2D eigenvalue weighted by Gasteiger charge is 2.26. The molecule has 0 fully saturated rings. The quantitative estimate of drug-likeness (QED) is 0.181. The van der Waals surface area contributed by atoms with Crippen LogP contribution in [0.15, 0.2) is 108 Å². The van der Waals surface area contributed by atoms with E-state index in [1.807, 2.05) is 46.4 Å². The van der Waals surface area contributed by atoms with Crippen molar-refractivity contribution >= 4 is 43.6 Å². The minimum Gasteiger partial charge on any atom is -0.478 e. The van der Waals surface area contributed by atoms with Gasteiger partial charge in [0, 0.05) is 32.5 Å². The number of carboxylic acids is 1. The molecule has 5 aromatic rings. The Morgan fingerprint density at radius 2 is 1.58 bits per heavy atom. The molecule has 5 nitrogen and oxygen atoms in total. The first kappa shape index (κ1) is 30.0. The fourth-order valence-electron chi connectivity index (χ4n) is 5.59. The van der Waals surface area contributed by atoms with Crippen LogP contribution in [-0.2, 0) is 4.79 Å². The van der Waals surface area contributed by atoms with E-state index in [2.05, 4.69) is 21.4 Å². The smallest absolute Gasteiger partial charge is 0.331 e. The van der Waals surface area contributed by atoms with Gasteiger partial charge in [-0.3, -0.25) is 3.97 Å². The third-order valence-corrected chi connectivity index (χ3v) is 9.20. The molecule has 1 heterocycles. The largest absolute Gasteiger partial charge is 0.478 e. The lowest BCUT2D eigenvalue weighted by Gasteiger charge is -2.17. The maximum absolute atomic E-state index is 14.9. The Morgan fingerprint density at radius 3 is 2.20 bits per heavy atom. The van der Waals surface area contributed by atoms with Gasteiger partial charge in [0.15, 0.2) is 0 Å². The van der Waals surface area contributed by atoms with Gasteiger partial charge in [-0.15, -0.1) is 0 Å². The molecule has 6 rings (SSSR count). The first-order valence-electron chi connectivity index (χ1n) is 14.0. The van der Waals surface area contributed by atoms with Crippen molar-refractivity contribution in [1.82, 2.24) is 3.97 Å². The summed E-state index contributed by atoms with van der Waals surface area (Å²) in [7, 11) is 2.14. The van der Waals surface area contributed by atoms with Crippen LogP contribution in [-0.4, -0.2) is 15.0 Å². The van der Waals surface area contributed by atoms with Crippen LogP contribution in [0.25, 0.3) is 38.9 Å². The Labute approximate surface area is 265 Å². The molecular weight excluding hydrogens is 607 g/mol. The van der Waals surface area contributed by atoms with Crippen LogP contribution in [0, 0.1) is 28.5 Å². The van der Waals surface area contributed by atoms with E-state index in [9.17, 15) is 29.2 Å². The fourth-order valence-corrected chi connectivity index (χ4v) is 6.83. The highest BCUT2D eigenvalue weighted by atomic mass is 32.2. The minimum atomic E-state index is -1.20. The monoisotopic (exact) mass is 631 g/mol. The van der Waals surface area contributed by atoms with Gasteiger partial charge < -0.3 is 5.11 Å². The van der Waals surface area contributed by atoms with Gasteiger partial charge in [-0.2, -0.15) is 10.5 Å². The average Bonchev–Trinajstić information content (AvgIpc) is 3.36. The molecule has 0 amide bonds. The van der Waals surface area contributed by atoms with E-state index >= 15 is 0 Å². The third kappa shape index (κ3) is 5.79. The summed E-state index contributed by atoms with van der Waals surface area (Å²) >= 11 is 1.36. The number of nitriles is 2. The number of alkyl halides is 1. The molecule has 1 aliphatic rings. The highest BCUT2D eigenvalue weighted by Crippen LogP contribution is 2.47. The van der Waals surface area contributed by atoms with Crippen LogP contribution in [0.3, 0.4) is 0 Å². The minimum absolute atomic E-state index is 0.278. The normalized spacial score (nSPS) is 13.4. The molecule has 1 aromatic heterocycles. The molecule has 0 radical (unpaired) electrons. The molecule has 4 aromatic carbocycles. The van der Waals surface area contributed by atoms with E-state index in [4.69, 9.17) is 0 Å². The molecule has 0 saturated heterocycles. The number of rotatable bonds is 7. The second kappa shape index (κ2) is 12.5. The summed E-state index contributed by atoms with van der Waals surface area (Å²) < 4.78 is 30.8. The van der Waals surface area contributed by atoms with Crippen molar-refractivity contribution < 1.29 is 18.7 Å². The number of carboxylic acid groups (broad SMARTS) is 1. The Bertz CT molecular complexity index is 2100. The predicted octanol–water partition coefficient (Wildman–Crippen LogP) is 9.44. The molecule has 0 bridgehead atoms. The van der Waals surface area contributed by atoms with Gasteiger partial charge >= 0.3 is 5.97 Å². The summed E-state index contributed by atoms with van der Waals surface area (Å²) in [5.74, 6) is -2.60. The predicted molar refractivity (Wildman–Crippen MR) is 176 cm³/mol. The lowest BCUT2D eigenvalue weighted by molar-refractivity contribution is -0.132. The van der Waals surface area contributed by atoms with Crippen LogP contribution in [0.1, 0.15) is 41.0 Å². The number of allylic oxidation sites excluding steroid dienone is 3. The molecule has 9 heteroatoms. The van der Waals surface area contributed by atoms with E-state index in [0.717, 1.165) is 21.6 Å². The zero-order valence-corrected chi connectivity index (χ0v) is 25.6. The van der Waals surface area contributed by atoms with Gasteiger partial charge in [0.2, 0.25) is 0 Å². The van der Waals surface area contributed by atoms with Crippen LogP contribution in [0.2, 0.25) is 0 Å². The van der Waals surface area contributed by atoms with Crippen molar-refractivity contribution in [2.45, 2.75) is 23.6 Å². The first-order chi connectivity index (χ1) is 21.8. The van der Waals surface area contributed by atoms with Crippen LogP contribution in [0.4, 0.5) is 8.78 Å². The van der Waals surface area contributed by atoms with E-state index in [1.165, 1.54) is 24.1 Å². The first-order valence-corrected chi connectivity index (χ1v) is 15.4. The summed E-state index contributed by atoms with van der Waals surface area (Å²) in [5.41, 5.74) is 6.29. The van der Waals surface area contributed by atoms with Crippen LogP contribution < -0.4 is 0 Å². The zero-order valence-electron chi connectivity index (χ0n) is 23.7. The summed E-state index contributed by atoms with van der Waals surface area (Å²) in [6.45, 7) is 0. The van der Waals surface area contributed by atoms with Gasteiger partial charge in [-0.05, 0) is 90.0 Å². The zero-order chi connectivity index (χ0) is 31.7. The van der Waals surface area contributed by atoms with Crippen molar-refractivity contribution in [2.24, 2.45) is 0 Å². The number of fused-ring (bicyclic) bond motifs is 1. The lowest BCUT2D eigenvalue weighted by atomic mass is 9.89. The van der Waals surface area contributed by atoms with Crippen molar-refractivity contribution in [2.75, 3.05) is 0 Å². The van der Waals surface area contributed by atoms with Crippen molar-refractivity contribution in [3.8, 4) is 34.5 Å². The number of aromatic nitrogens is 1. The van der Waals surface area contributed by atoms with Crippen molar-refractivity contribution in [3.05, 3.63) is 131 Å². The van der Waals surface area contributed by atoms with E-state index in [-0.39, 0.29) is 11.1 Å². The van der Waals surface area contributed by atoms with Crippen LogP contribution >= 0.6 is 21.2 Å². The Morgan fingerprint density at radius 1 is 0.889 bits per heavy atom. The van der Waals surface area contributed by atoms with E-state index in [0.29, 0.717) is 51.7 Å².